The van der Waals surface area contributed by atoms with Crippen molar-refractivity contribution in [3.8, 4) is 16.9 Å². The average Bonchev–Trinajstić information content (AvgIpc) is 2.46. The molecule has 2 rings (SSSR count). The SMILES string of the molecule is COc1ccc(-c2ccc(S(=O)(=O)NC(C)C)cc2)cc1. The van der Waals surface area contributed by atoms with E-state index in [1.165, 1.54) is 0 Å². The Hall–Kier alpha value is -1.85. The van der Waals surface area contributed by atoms with Crippen LogP contribution in [0, 0.1) is 0 Å². The molecule has 0 spiro atoms. The topological polar surface area (TPSA) is 55.4 Å². The maximum Gasteiger partial charge on any atom is 0.240 e. The Kier molecular flexibility index (Phi) is 4.65. The van der Waals surface area contributed by atoms with E-state index in [1.54, 1.807) is 45.2 Å². The standard InChI is InChI=1S/C16H19NO3S/c1-12(2)17-21(18,19)16-10-6-14(7-11-16)13-4-8-15(20-3)9-5-13/h4-12,17H,1-3H3. The largest absolute Gasteiger partial charge is 0.497 e. The molecule has 0 amide bonds. The van der Waals surface area contributed by atoms with Gasteiger partial charge in [0.25, 0.3) is 0 Å². The molecule has 2 aromatic carbocycles. The van der Waals surface area contributed by atoms with Gasteiger partial charge in [-0.25, -0.2) is 13.1 Å². The highest BCUT2D eigenvalue weighted by atomic mass is 32.2. The minimum Gasteiger partial charge on any atom is -0.497 e. The average molecular weight is 305 g/mol. The van der Waals surface area contributed by atoms with E-state index >= 15 is 0 Å². The van der Waals surface area contributed by atoms with Gasteiger partial charge in [-0.1, -0.05) is 24.3 Å². The molecule has 0 atom stereocenters. The van der Waals surface area contributed by atoms with Crippen molar-refractivity contribution in [2.45, 2.75) is 24.8 Å². The molecule has 0 saturated carbocycles. The number of methoxy groups -OCH3 is 1. The van der Waals surface area contributed by atoms with Crippen molar-refractivity contribution in [3.63, 3.8) is 0 Å². The zero-order valence-corrected chi connectivity index (χ0v) is 13.1. The molecule has 2 aromatic rings. The van der Waals surface area contributed by atoms with Gasteiger partial charge in [0, 0.05) is 6.04 Å². The predicted octanol–water partition coefficient (Wildman–Crippen LogP) is 3.05. The normalized spacial score (nSPS) is 11.6. The van der Waals surface area contributed by atoms with Crippen molar-refractivity contribution in [2.24, 2.45) is 0 Å². The first-order valence-corrected chi connectivity index (χ1v) is 8.17. The fourth-order valence-corrected chi connectivity index (χ4v) is 3.24. The van der Waals surface area contributed by atoms with Crippen LogP contribution in [0.2, 0.25) is 0 Å². The van der Waals surface area contributed by atoms with Gasteiger partial charge in [0.2, 0.25) is 10.0 Å². The van der Waals surface area contributed by atoms with Crippen molar-refractivity contribution in [2.75, 3.05) is 7.11 Å². The molecule has 5 heteroatoms. The van der Waals surface area contributed by atoms with Gasteiger partial charge in [0.15, 0.2) is 0 Å². The molecular weight excluding hydrogens is 286 g/mol. The second-order valence-electron chi connectivity index (χ2n) is 5.03. The third kappa shape index (κ3) is 3.83. The first-order valence-electron chi connectivity index (χ1n) is 6.69. The first-order chi connectivity index (χ1) is 9.92. The number of nitrogens with one attached hydrogen (secondary N) is 1. The highest BCUT2D eigenvalue weighted by Gasteiger charge is 2.14. The Morgan fingerprint density at radius 2 is 1.38 bits per heavy atom. The summed E-state index contributed by atoms with van der Waals surface area (Å²) in [5.41, 5.74) is 1.97. The van der Waals surface area contributed by atoms with Gasteiger partial charge in [-0.15, -0.1) is 0 Å². The number of sulfonamides is 1. The van der Waals surface area contributed by atoms with Crippen LogP contribution in [-0.2, 0) is 10.0 Å². The fourth-order valence-electron chi connectivity index (χ4n) is 1.99. The van der Waals surface area contributed by atoms with Gasteiger partial charge in [-0.3, -0.25) is 0 Å². The summed E-state index contributed by atoms with van der Waals surface area (Å²) in [6.45, 7) is 3.59. The Labute approximate surface area is 125 Å². The summed E-state index contributed by atoms with van der Waals surface area (Å²) in [5.74, 6) is 0.791. The van der Waals surface area contributed by atoms with Gasteiger partial charge in [0.1, 0.15) is 5.75 Å². The molecule has 0 bridgehead atoms. The van der Waals surface area contributed by atoms with Gasteiger partial charge in [-0.2, -0.15) is 0 Å². The van der Waals surface area contributed by atoms with Crippen molar-refractivity contribution < 1.29 is 13.2 Å². The number of hydrogen-bond acceptors (Lipinski definition) is 3. The number of benzene rings is 2. The van der Waals surface area contributed by atoms with E-state index < -0.39 is 10.0 Å². The summed E-state index contributed by atoms with van der Waals surface area (Å²) in [7, 11) is -1.82. The van der Waals surface area contributed by atoms with Gasteiger partial charge >= 0.3 is 0 Å². The molecule has 4 nitrogen and oxygen atoms in total. The summed E-state index contributed by atoms with van der Waals surface area (Å²) < 4.78 is 31.8. The van der Waals surface area contributed by atoms with E-state index in [-0.39, 0.29) is 10.9 Å². The molecule has 0 aromatic heterocycles. The van der Waals surface area contributed by atoms with Crippen LogP contribution < -0.4 is 9.46 Å². The second kappa shape index (κ2) is 6.28. The van der Waals surface area contributed by atoms with Crippen molar-refractivity contribution in [1.29, 1.82) is 0 Å². The molecule has 0 unspecified atom stereocenters. The number of hydrogen-bond donors (Lipinski definition) is 1. The zero-order valence-electron chi connectivity index (χ0n) is 12.3. The quantitative estimate of drug-likeness (QED) is 0.923. The summed E-state index contributed by atoms with van der Waals surface area (Å²) in [6, 6.07) is 14.3. The number of rotatable bonds is 5. The molecule has 112 valence electrons. The molecule has 21 heavy (non-hydrogen) atoms. The Balaban J connectivity index is 2.26. The Morgan fingerprint density at radius 1 is 0.905 bits per heavy atom. The van der Waals surface area contributed by atoms with Gasteiger partial charge in [0.05, 0.1) is 12.0 Å². The van der Waals surface area contributed by atoms with E-state index in [9.17, 15) is 8.42 Å². The first kappa shape index (κ1) is 15.5. The van der Waals surface area contributed by atoms with E-state index in [0.717, 1.165) is 16.9 Å². The van der Waals surface area contributed by atoms with E-state index in [1.807, 2.05) is 24.3 Å². The van der Waals surface area contributed by atoms with Crippen molar-refractivity contribution in [1.82, 2.24) is 4.72 Å². The van der Waals surface area contributed by atoms with Crippen LogP contribution >= 0.6 is 0 Å². The molecule has 0 heterocycles. The highest BCUT2D eigenvalue weighted by molar-refractivity contribution is 7.89. The second-order valence-corrected chi connectivity index (χ2v) is 6.74. The molecule has 1 N–H and O–H groups in total. The lowest BCUT2D eigenvalue weighted by Gasteiger charge is -2.10. The molecule has 0 aliphatic rings. The number of ether oxygens (including phenoxy) is 1. The molecule has 0 saturated heterocycles. The molecule has 0 aliphatic carbocycles. The summed E-state index contributed by atoms with van der Waals surface area (Å²) in [4.78, 5) is 0.272. The van der Waals surface area contributed by atoms with Crippen LogP contribution in [0.15, 0.2) is 53.4 Å². The summed E-state index contributed by atoms with van der Waals surface area (Å²) >= 11 is 0. The summed E-state index contributed by atoms with van der Waals surface area (Å²) in [5, 5.41) is 0. The third-order valence-electron chi connectivity index (χ3n) is 2.98. The molecule has 0 radical (unpaired) electrons. The fraction of sp³-hybridized carbons (Fsp3) is 0.250. The summed E-state index contributed by atoms with van der Waals surface area (Å²) in [6.07, 6.45) is 0. The van der Waals surface area contributed by atoms with Crippen LogP contribution in [0.5, 0.6) is 5.75 Å². The zero-order chi connectivity index (χ0) is 15.5. The van der Waals surface area contributed by atoms with Crippen LogP contribution in [0.4, 0.5) is 0 Å². The van der Waals surface area contributed by atoms with Crippen molar-refractivity contribution in [3.05, 3.63) is 48.5 Å². The monoisotopic (exact) mass is 305 g/mol. The lowest BCUT2D eigenvalue weighted by molar-refractivity contribution is 0.415. The lowest BCUT2D eigenvalue weighted by Crippen LogP contribution is -2.30. The van der Waals surface area contributed by atoms with Gasteiger partial charge in [-0.05, 0) is 49.2 Å². The van der Waals surface area contributed by atoms with E-state index in [0.29, 0.717) is 0 Å². The Morgan fingerprint density at radius 3 is 1.81 bits per heavy atom. The van der Waals surface area contributed by atoms with Crippen LogP contribution in [0.3, 0.4) is 0 Å². The third-order valence-corrected chi connectivity index (χ3v) is 4.65. The van der Waals surface area contributed by atoms with E-state index in [4.69, 9.17) is 4.74 Å². The van der Waals surface area contributed by atoms with Crippen LogP contribution in [0.25, 0.3) is 11.1 Å². The minimum absolute atomic E-state index is 0.128. The van der Waals surface area contributed by atoms with Crippen LogP contribution in [-0.4, -0.2) is 21.6 Å². The van der Waals surface area contributed by atoms with Gasteiger partial charge < -0.3 is 4.74 Å². The molecular formula is C16H19NO3S. The minimum atomic E-state index is -3.44. The highest BCUT2D eigenvalue weighted by Crippen LogP contribution is 2.23. The maximum atomic E-state index is 12.0. The van der Waals surface area contributed by atoms with E-state index in [2.05, 4.69) is 4.72 Å². The molecule has 0 aliphatic heterocycles. The lowest BCUT2D eigenvalue weighted by atomic mass is 10.1. The smallest absolute Gasteiger partial charge is 0.240 e. The van der Waals surface area contributed by atoms with Crippen LogP contribution in [0.1, 0.15) is 13.8 Å². The predicted molar refractivity (Wildman–Crippen MR) is 83.9 cm³/mol. The van der Waals surface area contributed by atoms with Crippen molar-refractivity contribution >= 4 is 10.0 Å². The maximum absolute atomic E-state index is 12.0. The Bertz CT molecular complexity index is 689. The molecule has 0 fully saturated rings.